The minimum atomic E-state index is -0.0289. The molecule has 1 rings (SSSR count). The Kier molecular flexibility index (Phi) is 2.94. The van der Waals surface area contributed by atoms with Crippen molar-refractivity contribution in [3.8, 4) is 0 Å². The predicted molar refractivity (Wildman–Crippen MR) is 47.3 cm³/mol. The molecule has 0 aromatic heterocycles. The topological polar surface area (TPSA) is 20.2 Å². The summed E-state index contributed by atoms with van der Waals surface area (Å²) in [7, 11) is 0. The molecule has 0 spiro atoms. The van der Waals surface area contributed by atoms with Crippen LogP contribution >= 0.6 is 0 Å². The summed E-state index contributed by atoms with van der Waals surface area (Å²) in [6, 6.07) is 0. The molecule has 0 bridgehead atoms. The van der Waals surface area contributed by atoms with Crippen molar-refractivity contribution in [2.75, 3.05) is 0 Å². The van der Waals surface area contributed by atoms with Gasteiger partial charge in [-0.3, -0.25) is 0 Å². The quantitative estimate of drug-likeness (QED) is 0.618. The molecule has 1 fully saturated rings. The molecule has 0 saturated heterocycles. The van der Waals surface area contributed by atoms with E-state index >= 15 is 0 Å². The fourth-order valence-electron chi connectivity index (χ4n) is 2.15. The van der Waals surface area contributed by atoms with Gasteiger partial charge in [0.1, 0.15) is 0 Å². The van der Waals surface area contributed by atoms with Crippen LogP contribution in [0.3, 0.4) is 0 Å². The molecule has 1 aliphatic carbocycles. The zero-order valence-electron chi connectivity index (χ0n) is 7.88. The first-order valence-corrected chi connectivity index (χ1v) is 4.79. The van der Waals surface area contributed by atoms with Crippen LogP contribution in [0.2, 0.25) is 0 Å². The Bertz CT molecular complexity index is 120. The van der Waals surface area contributed by atoms with Crippen molar-refractivity contribution in [3.63, 3.8) is 0 Å². The van der Waals surface area contributed by atoms with Crippen LogP contribution in [-0.4, -0.2) is 11.2 Å². The Balaban J connectivity index is 2.44. The van der Waals surface area contributed by atoms with E-state index in [1.807, 2.05) is 0 Å². The molecule has 1 N–H and O–H groups in total. The van der Waals surface area contributed by atoms with E-state index < -0.39 is 0 Å². The summed E-state index contributed by atoms with van der Waals surface area (Å²) in [6.07, 6.45) is 3.52. The lowest BCUT2D eigenvalue weighted by Crippen LogP contribution is -2.31. The fraction of sp³-hybridized carbons (Fsp3) is 1.00. The first-order chi connectivity index (χ1) is 5.11. The molecule has 11 heavy (non-hydrogen) atoms. The second kappa shape index (κ2) is 3.57. The minimum Gasteiger partial charge on any atom is -0.393 e. The lowest BCUT2D eigenvalue weighted by atomic mass is 9.75. The van der Waals surface area contributed by atoms with Crippen molar-refractivity contribution in [2.24, 2.45) is 17.8 Å². The highest BCUT2D eigenvalue weighted by Gasteiger charge is 2.28. The summed E-state index contributed by atoms with van der Waals surface area (Å²) in [4.78, 5) is 0. The van der Waals surface area contributed by atoms with Crippen molar-refractivity contribution >= 4 is 0 Å². The first-order valence-electron chi connectivity index (χ1n) is 4.79. The average Bonchev–Trinajstić information content (AvgIpc) is 1.85. The van der Waals surface area contributed by atoms with Crippen LogP contribution in [0.5, 0.6) is 0 Å². The Morgan fingerprint density at radius 2 is 1.91 bits per heavy atom. The maximum Gasteiger partial charge on any atom is 0.0573 e. The summed E-state index contributed by atoms with van der Waals surface area (Å²) in [6.45, 7) is 6.66. The lowest BCUT2D eigenvalue weighted by molar-refractivity contribution is 0.0266. The summed E-state index contributed by atoms with van der Waals surface area (Å²) >= 11 is 0. The number of hydrogen-bond acceptors (Lipinski definition) is 1. The van der Waals surface area contributed by atoms with Gasteiger partial charge in [-0.15, -0.1) is 0 Å². The van der Waals surface area contributed by atoms with Crippen molar-refractivity contribution in [2.45, 2.75) is 46.1 Å². The highest BCUT2D eigenvalue weighted by atomic mass is 16.3. The third kappa shape index (κ3) is 2.19. The van der Waals surface area contributed by atoms with Crippen LogP contribution in [0.4, 0.5) is 0 Å². The van der Waals surface area contributed by atoms with Crippen LogP contribution in [0.25, 0.3) is 0 Å². The average molecular weight is 156 g/mol. The van der Waals surface area contributed by atoms with Gasteiger partial charge in [0.15, 0.2) is 0 Å². The van der Waals surface area contributed by atoms with Crippen LogP contribution in [0.1, 0.15) is 40.0 Å². The summed E-state index contributed by atoms with van der Waals surface area (Å²) in [5.74, 6) is 1.95. The van der Waals surface area contributed by atoms with Crippen LogP contribution < -0.4 is 0 Å². The summed E-state index contributed by atoms with van der Waals surface area (Å²) in [5, 5.41) is 9.71. The van der Waals surface area contributed by atoms with Gasteiger partial charge in [0, 0.05) is 0 Å². The molecule has 0 aromatic carbocycles. The zero-order chi connectivity index (χ0) is 8.43. The van der Waals surface area contributed by atoms with E-state index in [9.17, 15) is 5.11 Å². The number of aliphatic hydroxyl groups excluding tert-OH is 1. The van der Waals surface area contributed by atoms with Gasteiger partial charge in [-0.05, 0) is 30.6 Å². The van der Waals surface area contributed by atoms with Gasteiger partial charge in [-0.25, -0.2) is 0 Å². The molecule has 0 aromatic rings. The van der Waals surface area contributed by atoms with E-state index in [0.29, 0.717) is 11.8 Å². The molecule has 0 radical (unpaired) electrons. The second-order valence-corrected chi connectivity index (χ2v) is 4.39. The standard InChI is InChI=1S/C10H20O/c1-7(2)9-5-4-8(3)6-10(9)11/h7-11H,4-6H2,1-3H3/t8-,9-,10?/m1/s1. The molecule has 3 atom stereocenters. The Labute approximate surface area is 69.8 Å². The molecule has 1 unspecified atom stereocenters. The Hall–Kier alpha value is -0.0400. The molecular weight excluding hydrogens is 136 g/mol. The van der Waals surface area contributed by atoms with E-state index in [0.717, 1.165) is 12.3 Å². The summed E-state index contributed by atoms with van der Waals surface area (Å²) < 4.78 is 0. The zero-order valence-corrected chi connectivity index (χ0v) is 7.88. The molecule has 1 heteroatoms. The van der Waals surface area contributed by atoms with E-state index in [1.54, 1.807) is 0 Å². The van der Waals surface area contributed by atoms with Crippen molar-refractivity contribution in [1.29, 1.82) is 0 Å². The SMILES string of the molecule is CC(C)[C@H]1CC[C@@H](C)CC1O. The number of hydrogen-bond donors (Lipinski definition) is 1. The van der Waals surface area contributed by atoms with Gasteiger partial charge < -0.3 is 5.11 Å². The molecule has 1 nitrogen and oxygen atoms in total. The highest BCUT2D eigenvalue weighted by molar-refractivity contribution is 4.79. The predicted octanol–water partition coefficient (Wildman–Crippen LogP) is 2.44. The lowest BCUT2D eigenvalue weighted by Gasteiger charge is -2.33. The van der Waals surface area contributed by atoms with Gasteiger partial charge in [-0.2, -0.15) is 0 Å². The van der Waals surface area contributed by atoms with Crippen LogP contribution in [0.15, 0.2) is 0 Å². The molecule has 1 aliphatic rings. The number of aliphatic hydroxyl groups is 1. The largest absolute Gasteiger partial charge is 0.393 e. The van der Waals surface area contributed by atoms with Crippen molar-refractivity contribution < 1.29 is 5.11 Å². The fourth-order valence-corrected chi connectivity index (χ4v) is 2.15. The first kappa shape index (κ1) is 9.05. The minimum absolute atomic E-state index is 0.0289. The maximum absolute atomic E-state index is 9.71. The molecule has 1 saturated carbocycles. The van der Waals surface area contributed by atoms with Crippen LogP contribution in [0, 0.1) is 17.8 Å². The van der Waals surface area contributed by atoms with Gasteiger partial charge in [0.2, 0.25) is 0 Å². The molecule has 0 heterocycles. The van der Waals surface area contributed by atoms with E-state index in [4.69, 9.17) is 0 Å². The maximum atomic E-state index is 9.71. The van der Waals surface area contributed by atoms with Gasteiger partial charge >= 0.3 is 0 Å². The summed E-state index contributed by atoms with van der Waals surface area (Å²) in [5.41, 5.74) is 0. The van der Waals surface area contributed by atoms with Gasteiger partial charge in [0.25, 0.3) is 0 Å². The van der Waals surface area contributed by atoms with E-state index in [-0.39, 0.29) is 6.10 Å². The van der Waals surface area contributed by atoms with Crippen molar-refractivity contribution in [1.82, 2.24) is 0 Å². The van der Waals surface area contributed by atoms with Gasteiger partial charge in [-0.1, -0.05) is 27.2 Å². The van der Waals surface area contributed by atoms with Crippen LogP contribution in [-0.2, 0) is 0 Å². The monoisotopic (exact) mass is 156 g/mol. The molecular formula is C10H20O. The second-order valence-electron chi connectivity index (χ2n) is 4.39. The third-order valence-corrected chi connectivity index (χ3v) is 2.99. The Morgan fingerprint density at radius 1 is 1.27 bits per heavy atom. The highest BCUT2D eigenvalue weighted by Crippen LogP contribution is 2.33. The van der Waals surface area contributed by atoms with Gasteiger partial charge in [0.05, 0.1) is 6.10 Å². The number of rotatable bonds is 1. The molecule has 66 valence electrons. The van der Waals surface area contributed by atoms with Crippen molar-refractivity contribution in [3.05, 3.63) is 0 Å². The smallest absolute Gasteiger partial charge is 0.0573 e. The van der Waals surface area contributed by atoms with E-state index in [1.165, 1.54) is 12.8 Å². The normalized spacial score (nSPS) is 39.5. The Morgan fingerprint density at radius 3 is 2.36 bits per heavy atom. The molecule has 0 aliphatic heterocycles. The third-order valence-electron chi connectivity index (χ3n) is 2.99. The van der Waals surface area contributed by atoms with E-state index in [2.05, 4.69) is 20.8 Å². The molecule has 0 amide bonds.